The lowest BCUT2D eigenvalue weighted by molar-refractivity contribution is -0.152. The van der Waals surface area contributed by atoms with Crippen LogP contribution in [0.2, 0.25) is 0 Å². The monoisotopic (exact) mass is 267 g/mol. The zero-order valence-corrected chi connectivity index (χ0v) is 11.0. The van der Waals surface area contributed by atoms with Crippen molar-refractivity contribution >= 4 is 18.4 Å². The van der Waals surface area contributed by atoms with Crippen molar-refractivity contribution < 1.29 is 9.53 Å². The third-order valence-electron chi connectivity index (χ3n) is 3.92. The number of fused-ring (bicyclic) bond motifs is 2. The number of carbonyl (C=O) groups excluding carboxylic acids is 1. The third kappa shape index (κ3) is 2.38. The highest BCUT2D eigenvalue weighted by atomic mass is 35.5. The van der Waals surface area contributed by atoms with Crippen LogP contribution in [0.1, 0.15) is 31.2 Å². The Balaban J connectivity index is 0.00000120. The summed E-state index contributed by atoms with van der Waals surface area (Å²) in [4.78, 5) is 12.1. The van der Waals surface area contributed by atoms with E-state index in [4.69, 9.17) is 4.74 Å². The molecule has 0 aromatic heterocycles. The van der Waals surface area contributed by atoms with Gasteiger partial charge < -0.3 is 4.74 Å². The van der Waals surface area contributed by atoms with Gasteiger partial charge in [0.15, 0.2) is 0 Å². The van der Waals surface area contributed by atoms with E-state index in [1.54, 1.807) is 0 Å². The van der Waals surface area contributed by atoms with Gasteiger partial charge in [-0.25, -0.2) is 0 Å². The Bertz CT molecular complexity index is 413. The molecule has 3 nitrogen and oxygen atoms in total. The van der Waals surface area contributed by atoms with Crippen molar-refractivity contribution in [3.05, 3.63) is 35.9 Å². The first kappa shape index (κ1) is 13.4. The lowest BCUT2D eigenvalue weighted by Crippen LogP contribution is -2.45. The van der Waals surface area contributed by atoms with Crippen LogP contribution in [0.5, 0.6) is 0 Å². The zero-order valence-electron chi connectivity index (χ0n) is 10.2. The predicted octanol–water partition coefficient (Wildman–Crippen LogP) is 2.44. The molecule has 2 fully saturated rings. The summed E-state index contributed by atoms with van der Waals surface area (Å²) in [6.45, 7) is 0.383. The molecule has 2 bridgehead atoms. The van der Waals surface area contributed by atoms with E-state index in [0.717, 1.165) is 31.2 Å². The average Bonchev–Trinajstić information content (AvgIpc) is 2.99. The summed E-state index contributed by atoms with van der Waals surface area (Å²) in [5.41, 5.74) is 0.684. The maximum Gasteiger partial charge on any atom is 0.326 e. The summed E-state index contributed by atoms with van der Waals surface area (Å²) < 4.78 is 5.43. The highest BCUT2D eigenvalue weighted by molar-refractivity contribution is 5.85. The maximum atomic E-state index is 12.1. The van der Waals surface area contributed by atoms with Crippen molar-refractivity contribution in [3.63, 3.8) is 0 Å². The van der Waals surface area contributed by atoms with Crippen molar-refractivity contribution in [3.8, 4) is 0 Å². The Kier molecular flexibility index (Phi) is 3.93. The van der Waals surface area contributed by atoms with Crippen molar-refractivity contribution in [2.75, 3.05) is 0 Å². The lowest BCUT2D eigenvalue weighted by Gasteiger charge is -2.23. The Hall–Kier alpha value is -1.06. The number of hydrogen-bond donors (Lipinski definition) is 1. The van der Waals surface area contributed by atoms with E-state index in [0.29, 0.717) is 12.6 Å². The topological polar surface area (TPSA) is 38.3 Å². The summed E-state index contributed by atoms with van der Waals surface area (Å²) in [5.74, 6) is -0.0682. The van der Waals surface area contributed by atoms with Gasteiger partial charge in [-0.1, -0.05) is 30.3 Å². The molecule has 0 unspecified atom stereocenters. The minimum absolute atomic E-state index is 0. The minimum Gasteiger partial charge on any atom is -0.459 e. The van der Waals surface area contributed by atoms with Crippen molar-refractivity contribution in [2.45, 2.75) is 43.9 Å². The average molecular weight is 268 g/mol. The Morgan fingerprint density at radius 3 is 2.50 bits per heavy atom. The van der Waals surface area contributed by atoms with Crippen molar-refractivity contribution in [1.82, 2.24) is 5.32 Å². The minimum atomic E-state index is -0.362. The van der Waals surface area contributed by atoms with Crippen LogP contribution in [0.4, 0.5) is 0 Å². The number of halogens is 1. The summed E-state index contributed by atoms with van der Waals surface area (Å²) >= 11 is 0. The van der Waals surface area contributed by atoms with E-state index < -0.39 is 0 Å². The Labute approximate surface area is 113 Å². The molecule has 0 spiro atoms. The van der Waals surface area contributed by atoms with E-state index in [9.17, 15) is 4.79 Å². The molecule has 1 aromatic rings. The molecule has 0 aliphatic carbocycles. The SMILES string of the molecule is Cl.O=C(OCc1ccccc1)C12CCC(CC1)N2. The second-order valence-electron chi connectivity index (χ2n) is 5.06. The quantitative estimate of drug-likeness (QED) is 0.855. The summed E-state index contributed by atoms with van der Waals surface area (Å²) in [5, 5.41) is 3.40. The molecule has 0 atom stereocenters. The molecule has 98 valence electrons. The number of rotatable bonds is 3. The number of carbonyl (C=O) groups is 1. The molecule has 2 heterocycles. The fraction of sp³-hybridized carbons (Fsp3) is 0.500. The standard InChI is InChI=1S/C14H17NO2.ClH/c16-13(14-8-6-12(15-14)7-9-14)17-10-11-4-2-1-3-5-11;/h1-5,12,15H,6-10H2;1H. The van der Waals surface area contributed by atoms with E-state index in [1.807, 2.05) is 30.3 Å². The smallest absolute Gasteiger partial charge is 0.326 e. The first-order valence-corrected chi connectivity index (χ1v) is 6.27. The third-order valence-corrected chi connectivity index (χ3v) is 3.92. The van der Waals surface area contributed by atoms with E-state index in [-0.39, 0.29) is 23.9 Å². The molecule has 0 saturated carbocycles. The van der Waals surface area contributed by atoms with E-state index in [1.165, 1.54) is 0 Å². The van der Waals surface area contributed by atoms with Gasteiger partial charge in [0.2, 0.25) is 0 Å². The number of nitrogens with one attached hydrogen (secondary N) is 1. The second-order valence-corrected chi connectivity index (χ2v) is 5.06. The highest BCUT2D eigenvalue weighted by Gasteiger charge is 2.50. The maximum absolute atomic E-state index is 12.1. The summed E-state index contributed by atoms with van der Waals surface area (Å²) in [6, 6.07) is 10.4. The number of hydrogen-bond acceptors (Lipinski definition) is 3. The molecule has 2 aliphatic heterocycles. The van der Waals surface area contributed by atoms with Gasteiger partial charge in [-0.05, 0) is 31.2 Å². The molecule has 0 amide bonds. The number of benzene rings is 1. The number of ether oxygens (including phenoxy) is 1. The molecule has 2 saturated heterocycles. The first-order chi connectivity index (χ1) is 8.28. The van der Waals surface area contributed by atoms with Gasteiger partial charge in [-0.15, -0.1) is 12.4 Å². The molecule has 1 N–H and O–H groups in total. The van der Waals surface area contributed by atoms with Crippen LogP contribution in [-0.4, -0.2) is 17.6 Å². The van der Waals surface area contributed by atoms with Crippen LogP contribution >= 0.6 is 12.4 Å². The molecule has 1 aromatic carbocycles. The fourth-order valence-corrected chi connectivity index (χ4v) is 2.91. The predicted molar refractivity (Wildman–Crippen MR) is 71.6 cm³/mol. The normalized spacial score (nSPS) is 28.8. The summed E-state index contributed by atoms with van der Waals surface area (Å²) in [7, 11) is 0. The van der Waals surface area contributed by atoms with Crippen LogP contribution in [0, 0.1) is 0 Å². The van der Waals surface area contributed by atoms with Gasteiger partial charge in [0, 0.05) is 6.04 Å². The zero-order chi connectivity index (χ0) is 11.7. The fourth-order valence-electron chi connectivity index (χ4n) is 2.91. The molecule has 18 heavy (non-hydrogen) atoms. The van der Waals surface area contributed by atoms with Gasteiger partial charge in [-0.3, -0.25) is 10.1 Å². The van der Waals surface area contributed by atoms with Gasteiger partial charge in [-0.2, -0.15) is 0 Å². The van der Waals surface area contributed by atoms with Crippen LogP contribution < -0.4 is 5.32 Å². The van der Waals surface area contributed by atoms with Gasteiger partial charge >= 0.3 is 5.97 Å². The molecular weight excluding hydrogens is 250 g/mol. The Morgan fingerprint density at radius 1 is 1.28 bits per heavy atom. The summed E-state index contributed by atoms with van der Waals surface area (Å²) in [6.07, 6.45) is 4.09. The van der Waals surface area contributed by atoms with Gasteiger partial charge in [0.25, 0.3) is 0 Å². The van der Waals surface area contributed by atoms with Crippen LogP contribution in [-0.2, 0) is 16.1 Å². The molecule has 0 radical (unpaired) electrons. The number of esters is 1. The van der Waals surface area contributed by atoms with Crippen molar-refractivity contribution in [1.29, 1.82) is 0 Å². The second kappa shape index (κ2) is 5.29. The largest absolute Gasteiger partial charge is 0.459 e. The van der Waals surface area contributed by atoms with E-state index >= 15 is 0 Å². The highest BCUT2D eigenvalue weighted by Crippen LogP contribution is 2.38. The van der Waals surface area contributed by atoms with Crippen LogP contribution in [0.3, 0.4) is 0 Å². The van der Waals surface area contributed by atoms with Gasteiger partial charge in [0.1, 0.15) is 12.1 Å². The molecule has 2 aliphatic rings. The Morgan fingerprint density at radius 2 is 1.94 bits per heavy atom. The first-order valence-electron chi connectivity index (χ1n) is 6.27. The van der Waals surface area contributed by atoms with Crippen LogP contribution in [0.25, 0.3) is 0 Å². The molecule has 3 rings (SSSR count). The van der Waals surface area contributed by atoms with Gasteiger partial charge in [0.05, 0.1) is 0 Å². The molecular formula is C14H18ClNO2. The van der Waals surface area contributed by atoms with E-state index in [2.05, 4.69) is 5.32 Å². The van der Waals surface area contributed by atoms with Crippen LogP contribution in [0.15, 0.2) is 30.3 Å². The van der Waals surface area contributed by atoms with Crippen molar-refractivity contribution in [2.24, 2.45) is 0 Å². The lowest BCUT2D eigenvalue weighted by atomic mass is 9.88. The molecule has 4 heteroatoms.